The first-order chi connectivity index (χ1) is 23.3. The van der Waals surface area contributed by atoms with Crippen LogP contribution >= 0.6 is 11.3 Å². The van der Waals surface area contributed by atoms with Crippen LogP contribution in [0.3, 0.4) is 0 Å². The number of thiophene rings is 1. The van der Waals surface area contributed by atoms with Crippen molar-refractivity contribution >= 4 is 65.6 Å². The highest BCUT2D eigenvalue weighted by Gasteiger charge is 2.30. The highest BCUT2D eigenvalue weighted by atomic mass is 32.1. The maximum Gasteiger partial charge on any atom is 0.194 e. The molecule has 0 amide bonds. The summed E-state index contributed by atoms with van der Waals surface area (Å²) in [5.74, 6) is 2.69. The van der Waals surface area contributed by atoms with E-state index in [1.807, 2.05) is 47.7 Å². The van der Waals surface area contributed by atoms with E-state index in [4.69, 9.17) is 9.47 Å². The third kappa shape index (κ3) is 4.76. The predicted octanol–water partition coefficient (Wildman–Crippen LogP) is 12.9. The Morgan fingerprint density at radius 2 is 0.936 bits per heavy atom. The minimum Gasteiger partial charge on any atom is -0.449 e. The second kappa shape index (κ2) is 11.4. The van der Waals surface area contributed by atoms with Crippen LogP contribution < -0.4 is 19.3 Å². The molecule has 7 aromatic carbocycles. The van der Waals surface area contributed by atoms with Crippen molar-refractivity contribution in [3.8, 4) is 23.0 Å². The summed E-state index contributed by atoms with van der Waals surface area (Å²) in [7, 11) is 0. The van der Waals surface area contributed by atoms with Gasteiger partial charge in [0.05, 0.1) is 21.8 Å². The Morgan fingerprint density at radius 1 is 0.383 bits per heavy atom. The summed E-state index contributed by atoms with van der Waals surface area (Å²) in [5.41, 5.74) is 6.00. The summed E-state index contributed by atoms with van der Waals surface area (Å²) < 4.78 is 15.9. The topological polar surface area (TPSA) is 24.9 Å². The lowest BCUT2D eigenvalue weighted by molar-refractivity contribution is 0.360. The standard InChI is InChI=1S/C42H28N2O2S/c1-4-15-29(16-5-1)43(30-17-6-2-7-18-30)32-27-36(41-39(28-32)45-37-24-11-12-25-38(37)46-41)44(31-19-8-3-9-20-31)35-23-14-22-34-33-21-10-13-26-40(33)47-42(34)35/h1-28H. The second-order valence-electron chi connectivity index (χ2n) is 11.4. The predicted molar refractivity (Wildman–Crippen MR) is 195 cm³/mol. The zero-order valence-electron chi connectivity index (χ0n) is 25.3. The Labute approximate surface area is 276 Å². The van der Waals surface area contributed by atoms with E-state index in [9.17, 15) is 0 Å². The second-order valence-corrected chi connectivity index (χ2v) is 12.4. The number of ether oxygens (including phenoxy) is 2. The van der Waals surface area contributed by atoms with Crippen molar-refractivity contribution in [2.24, 2.45) is 0 Å². The molecule has 2 heterocycles. The maximum absolute atomic E-state index is 6.77. The van der Waals surface area contributed by atoms with Crippen molar-refractivity contribution in [2.45, 2.75) is 0 Å². The number of nitrogens with zero attached hydrogens (tertiary/aromatic N) is 2. The summed E-state index contributed by atoms with van der Waals surface area (Å²) in [6.07, 6.45) is 0. The monoisotopic (exact) mass is 624 g/mol. The van der Waals surface area contributed by atoms with E-state index >= 15 is 0 Å². The number of para-hydroxylation sites is 5. The average molecular weight is 625 g/mol. The molecule has 0 N–H and O–H groups in total. The van der Waals surface area contributed by atoms with E-state index in [1.165, 1.54) is 20.2 Å². The van der Waals surface area contributed by atoms with Gasteiger partial charge in [0, 0.05) is 38.6 Å². The Hall–Kier alpha value is -6.04. The first-order valence-electron chi connectivity index (χ1n) is 15.6. The lowest BCUT2D eigenvalue weighted by Gasteiger charge is -2.33. The van der Waals surface area contributed by atoms with Gasteiger partial charge in [-0.25, -0.2) is 0 Å². The van der Waals surface area contributed by atoms with Crippen LogP contribution in [0.15, 0.2) is 170 Å². The van der Waals surface area contributed by atoms with Gasteiger partial charge in [-0.05, 0) is 66.7 Å². The van der Waals surface area contributed by atoms with Gasteiger partial charge in [-0.3, -0.25) is 0 Å². The molecule has 0 spiro atoms. The zero-order chi connectivity index (χ0) is 31.2. The zero-order valence-corrected chi connectivity index (χ0v) is 26.1. The molecule has 224 valence electrons. The number of benzene rings is 7. The van der Waals surface area contributed by atoms with Gasteiger partial charge in [0.15, 0.2) is 23.0 Å². The van der Waals surface area contributed by atoms with Crippen LogP contribution in [0.25, 0.3) is 20.2 Å². The van der Waals surface area contributed by atoms with Crippen molar-refractivity contribution in [1.82, 2.24) is 0 Å². The van der Waals surface area contributed by atoms with Gasteiger partial charge in [0.1, 0.15) is 0 Å². The third-order valence-electron chi connectivity index (χ3n) is 8.47. The molecule has 4 nitrogen and oxygen atoms in total. The highest BCUT2D eigenvalue weighted by molar-refractivity contribution is 7.26. The van der Waals surface area contributed by atoms with Crippen molar-refractivity contribution in [1.29, 1.82) is 0 Å². The Balaban J connectivity index is 1.35. The van der Waals surface area contributed by atoms with Crippen LogP contribution in [-0.2, 0) is 0 Å². The van der Waals surface area contributed by atoms with Crippen LogP contribution in [0.4, 0.5) is 34.1 Å². The number of rotatable bonds is 6. The van der Waals surface area contributed by atoms with Crippen LogP contribution in [0.5, 0.6) is 23.0 Å². The van der Waals surface area contributed by atoms with Gasteiger partial charge in [0.2, 0.25) is 0 Å². The van der Waals surface area contributed by atoms with Crippen LogP contribution in [-0.4, -0.2) is 0 Å². The molecule has 9 rings (SSSR count). The van der Waals surface area contributed by atoms with Gasteiger partial charge in [0.25, 0.3) is 0 Å². The Bertz CT molecular complexity index is 2330. The molecule has 1 aliphatic heterocycles. The van der Waals surface area contributed by atoms with Crippen LogP contribution in [0.1, 0.15) is 0 Å². The fourth-order valence-electron chi connectivity index (χ4n) is 6.39. The largest absolute Gasteiger partial charge is 0.449 e. The van der Waals surface area contributed by atoms with E-state index < -0.39 is 0 Å². The third-order valence-corrected chi connectivity index (χ3v) is 9.68. The fraction of sp³-hybridized carbons (Fsp3) is 0. The Kier molecular flexibility index (Phi) is 6.61. The summed E-state index contributed by atoms with van der Waals surface area (Å²) in [6, 6.07) is 58.7. The van der Waals surface area contributed by atoms with E-state index in [-0.39, 0.29) is 0 Å². The van der Waals surface area contributed by atoms with Crippen molar-refractivity contribution in [3.05, 3.63) is 170 Å². The van der Waals surface area contributed by atoms with E-state index in [0.717, 1.165) is 34.1 Å². The summed E-state index contributed by atoms with van der Waals surface area (Å²) in [4.78, 5) is 4.57. The van der Waals surface area contributed by atoms with Crippen LogP contribution in [0.2, 0.25) is 0 Å². The lowest BCUT2D eigenvalue weighted by Crippen LogP contribution is -2.15. The van der Waals surface area contributed by atoms with E-state index in [2.05, 4.69) is 143 Å². The van der Waals surface area contributed by atoms with Gasteiger partial charge < -0.3 is 19.3 Å². The molecule has 47 heavy (non-hydrogen) atoms. The molecular weight excluding hydrogens is 597 g/mol. The SMILES string of the molecule is c1ccc(N(c2ccccc2)c2cc3c(c(N(c4ccccc4)c4cccc5c4sc4ccccc45)c2)Oc2ccccc2O3)cc1. The molecule has 0 atom stereocenters. The normalized spacial score (nSPS) is 11.7. The van der Waals surface area contributed by atoms with Crippen molar-refractivity contribution in [3.63, 3.8) is 0 Å². The molecule has 0 saturated carbocycles. The van der Waals surface area contributed by atoms with Gasteiger partial charge in [-0.15, -0.1) is 11.3 Å². The maximum atomic E-state index is 6.77. The molecule has 1 aromatic heterocycles. The lowest BCUT2D eigenvalue weighted by atomic mass is 10.1. The van der Waals surface area contributed by atoms with E-state index in [0.29, 0.717) is 23.0 Å². The smallest absolute Gasteiger partial charge is 0.194 e. The van der Waals surface area contributed by atoms with Gasteiger partial charge in [-0.1, -0.05) is 97.1 Å². The number of hydrogen-bond donors (Lipinski definition) is 0. The summed E-state index contributed by atoms with van der Waals surface area (Å²) >= 11 is 1.81. The summed E-state index contributed by atoms with van der Waals surface area (Å²) in [6.45, 7) is 0. The van der Waals surface area contributed by atoms with Crippen LogP contribution in [0, 0.1) is 0 Å². The molecule has 5 heteroatoms. The first-order valence-corrected chi connectivity index (χ1v) is 16.4. The molecule has 1 aliphatic rings. The van der Waals surface area contributed by atoms with Gasteiger partial charge >= 0.3 is 0 Å². The number of hydrogen-bond acceptors (Lipinski definition) is 5. The molecule has 8 aromatic rings. The highest BCUT2D eigenvalue weighted by Crippen LogP contribution is 2.56. The molecule has 0 fully saturated rings. The number of anilines is 6. The summed E-state index contributed by atoms with van der Waals surface area (Å²) in [5, 5.41) is 2.48. The molecule has 0 radical (unpaired) electrons. The molecule has 0 bridgehead atoms. The molecule has 0 aliphatic carbocycles. The van der Waals surface area contributed by atoms with Gasteiger partial charge in [-0.2, -0.15) is 0 Å². The molecular formula is C42H28N2O2S. The average Bonchev–Trinajstić information content (AvgIpc) is 3.52. The van der Waals surface area contributed by atoms with E-state index in [1.54, 1.807) is 0 Å². The Morgan fingerprint density at radius 3 is 1.62 bits per heavy atom. The quantitative estimate of drug-likeness (QED) is 0.184. The van der Waals surface area contributed by atoms with Crippen molar-refractivity contribution in [2.75, 3.05) is 9.80 Å². The molecule has 0 unspecified atom stereocenters. The fourth-order valence-corrected chi connectivity index (χ4v) is 7.60. The first kappa shape index (κ1) is 27.3. The minimum absolute atomic E-state index is 0.650. The minimum atomic E-state index is 0.650. The molecule has 0 saturated heterocycles. The number of fused-ring (bicyclic) bond motifs is 5. The van der Waals surface area contributed by atoms with Crippen molar-refractivity contribution < 1.29 is 9.47 Å².